The van der Waals surface area contributed by atoms with E-state index in [9.17, 15) is 4.79 Å². The summed E-state index contributed by atoms with van der Waals surface area (Å²) >= 11 is 0. The second-order valence-corrected chi connectivity index (χ2v) is 8.95. The van der Waals surface area contributed by atoms with Crippen LogP contribution >= 0.6 is 0 Å². The highest BCUT2D eigenvalue weighted by Crippen LogP contribution is 2.54. The molecule has 3 N–H and O–H groups in total. The third-order valence-electron chi connectivity index (χ3n) is 6.97. The second-order valence-electron chi connectivity index (χ2n) is 8.95. The van der Waals surface area contributed by atoms with Gasteiger partial charge in [-0.15, -0.1) is 0 Å². The van der Waals surface area contributed by atoms with Crippen molar-refractivity contribution >= 4 is 18.9 Å². The second kappa shape index (κ2) is 13.9. The molecule has 2 bridgehead atoms. The first-order chi connectivity index (χ1) is 16.4. The normalized spacial score (nSPS) is 26.8. The lowest BCUT2D eigenvalue weighted by Gasteiger charge is -2.29. The van der Waals surface area contributed by atoms with E-state index in [0.29, 0.717) is 24.4 Å². The van der Waals surface area contributed by atoms with Gasteiger partial charge >= 0.3 is 0 Å². The quantitative estimate of drug-likeness (QED) is 0.277. The maximum Gasteiger partial charge on any atom is 0.290 e. The number of nitrogens with zero attached hydrogens (tertiary/aromatic N) is 3. The summed E-state index contributed by atoms with van der Waals surface area (Å²) in [5.41, 5.74) is 0.0353. The van der Waals surface area contributed by atoms with Gasteiger partial charge in [-0.1, -0.05) is 12.2 Å². The number of carbonyl (C=O) groups is 3. The zero-order valence-corrected chi connectivity index (χ0v) is 20.1. The summed E-state index contributed by atoms with van der Waals surface area (Å²) in [4.78, 5) is 35.9. The Morgan fingerprint density at radius 1 is 1.35 bits per heavy atom. The third kappa shape index (κ3) is 7.14. The van der Waals surface area contributed by atoms with Crippen LogP contribution in [0.5, 0.6) is 0 Å². The van der Waals surface area contributed by atoms with Crippen molar-refractivity contribution in [1.82, 2.24) is 19.8 Å². The lowest BCUT2D eigenvalue weighted by atomic mass is 9.73. The summed E-state index contributed by atoms with van der Waals surface area (Å²) in [7, 11) is 2.06. The Morgan fingerprint density at radius 2 is 2.09 bits per heavy atom. The molecule has 3 fully saturated rings. The molecule has 0 radical (unpaired) electrons. The minimum atomic E-state index is -0.250. The molecule has 3 aliphatic rings. The number of aromatic nitrogens is 2. The van der Waals surface area contributed by atoms with Crippen LogP contribution in [0, 0.1) is 11.8 Å². The number of unbranched alkanes of at least 4 members (excludes halogenated alkanes) is 1. The first-order valence-electron chi connectivity index (χ1n) is 11.8. The summed E-state index contributed by atoms with van der Waals surface area (Å²) in [6, 6.07) is 0. The van der Waals surface area contributed by atoms with Gasteiger partial charge in [0.05, 0.1) is 11.7 Å². The molecule has 0 aromatic carbocycles. The van der Waals surface area contributed by atoms with E-state index < -0.39 is 0 Å². The van der Waals surface area contributed by atoms with E-state index in [1.54, 1.807) is 0 Å². The first-order valence-corrected chi connectivity index (χ1v) is 11.8. The van der Waals surface area contributed by atoms with Gasteiger partial charge < -0.3 is 24.8 Å². The van der Waals surface area contributed by atoms with E-state index in [1.165, 1.54) is 6.42 Å². The Balaban J connectivity index is 0.000000618. The fraction of sp³-hybridized carbons (Fsp3) is 0.667. The van der Waals surface area contributed by atoms with E-state index in [-0.39, 0.29) is 24.5 Å². The van der Waals surface area contributed by atoms with Gasteiger partial charge in [-0.05, 0) is 32.6 Å². The van der Waals surface area contributed by atoms with E-state index in [1.807, 2.05) is 25.4 Å². The van der Waals surface area contributed by atoms with Gasteiger partial charge in [-0.25, -0.2) is 4.98 Å². The van der Waals surface area contributed by atoms with Crippen LogP contribution in [0.3, 0.4) is 0 Å². The Morgan fingerprint density at radius 3 is 2.74 bits per heavy atom. The SMILES string of the molecule is CC=CCCCC(=O)NC[C@H]1[C@H]2CN(CCc3nccn3C)C[C@]23CC[C@H]1O3.O=CO.O=CO. The van der Waals surface area contributed by atoms with E-state index >= 15 is 0 Å². The van der Waals surface area contributed by atoms with Gasteiger partial charge in [0.15, 0.2) is 0 Å². The first kappa shape index (κ1) is 27.5. The van der Waals surface area contributed by atoms with Gasteiger partial charge in [0, 0.05) is 70.3 Å². The van der Waals surface area contributed by atoms with Crippen LogP contribution in [-0.4, -0.2) is 81.4 Å². The number of likely N-dealkylation sites (tertiary alicyclic amines) is 1. The number of rotatable bonds is 9. The van der Waals surface area contributed by atoms with Crippen molar-refractivity contribution < 1.29 is 29.3 Å². The number of imidazole rings is 1. The number of carbonyl (C=O) groups excluding carboxylic acids is 1. The monoisotopic (exact) mass is 478 g/mol. The molecule has 3 saturated heterocycles. The van der Waals surface area contributed by atoms with Crippen molar-refractivity contribution in [3.63, 3.8) is 0 Å². The van der Waals surface area contributed by atoms with Crippen LogP contribution in [0.4, 0.5) is 0 Å². The molecule has 190 valence electrons. The van der Waals surface area contributed by atoms with Gasteiger partial charge in [0.1, 0.15) is 5.82 Å². The number of amides is 1. The maximum absolute atomic E-state index is 12.2. The fourth-order valence-electron chi connectivity index (χ4n) is 5.49. The molecule has 4 atom stereocenters. The zero-order chi connectivity index (χ0) is 25.0. The lowest BCUT2D eigenvalue weighted by Crippen LogP contribution is -2.41. The molecular formula is C24H38N4O6. The van der Waals surface area contributed by atoms with Crippen LogP contribution < -0.4 is 5.32 Å². The number of aryl methyl sites for hydroxylation is 1. The van der Waals surface area contributed by atoms with Crippen LogP contribution in [0.15, 0.2) is 24.5 Å². The standard InChI is InChI=1S/C22H34N4O2.2CH2O2/c1-3-4-5-6-7-21(27)24-14-17-18-15-26(12-9-20-23-11-13-25(20)2)16-22(18)10-8-19(17)28-22;2*2-1-3/h3-4,11,13,17-19H,5-10,12,14-16H2,1-2H3,(H,24,27);2*1H,(H,2,3)/t17-,18+,19+,22+;;/m0../s1. The number of fused-ring (bicyclic) bond motifs is 1. The summed E-state index contributed by atoms with van der Waals surface area (Å²) < 4.78 is 8.61. The fourth-order valence-corrected chi connectivity index (χ4v) is 5.49. The number of nitrogens with one attached hydrogen (secondary N) is 1. The summed E-state index contributed by atoms with van der Waals surface area (Å²) in [6.45, 7) is 5.44. The number of allylic oxidation sites excluding steroid dienone is 2. The summed E-state index contributed by atoms with van der Waals surface area (Å²) in [5.74, 6) is 2.34. The minimum Gasteiger partial charge on any atom is -0.483 e. The molecule has 1 aromatic rings. The van der Waals surface area contributed by atoms with Crippen molar-refractivity contribution in [1.29, 1.82) is 0 Å². The topological polar surface area (TPSA) is 134 Å². The zero-order valence-electron chi connectivity index (χ0n) is 20.1. The Kier molecular flexibility index (Phi) is 11.2. The molecule has 10 nitrogen and oxygen atoms in total. The molecule has 0 saturated carbocycles. The maximum atomic E-state index is 12.2. The van der Waals surface area contributed by atoms with Crippen LogP contribution in [0.1, 0.15) is 44.9 Å². The minimum absolute atomic E-state index is 0.0353. The molecule has 4 rings (SSSR count). The number of hydrogen-bond donors (Lipinski definition) is 3. The Bertz CT molecular complexity index is 807. The van der Waals surface area contributed by atoms with Crippen molar-refractivity contribution in [2.75, 3.05) is 26.2 Å². The predicted molar refractivity (Wildman–Crippen MR) is 126 cm³/mol. The van der Waals surface area contributed by atoms with Crippen LogP contribution in [0.25, 0.3) is 0 Å². The summed E-state index contributed by atoms with van der Waals surface area (Å²) in [5, 5.41) is 17.0. The predicted octanol–water partition coefficient (Wildman–Crippen LogP) is 1.71. The largest absolute Gasteiger partial charge is 0.483 e. The summed E-state index contributed by atoms with van der Waals surface area (Å²) in [6.07, 6.45) is 14.2. The Hall–Kier alpha value is -2.72. The van der Waals surface area contributed by atoms with Crippen molar-refractivity contribution in [2.45, 2.75) is 57.2 Å². The van der Waals surface area contributed by atoms with Gasteiger partial charge in [0.25, 0.3) is 12.9 Å². The third-order valence-corrected chi connectivity index (χ3v) is 6.97. The van der Waals surface area contributed by atoms with Gasteiger partial charge in [-0.3, -0.25) is 19.3 Å². The molecule has 10 heteroatoms. The molecule has 0 aliphatic carbocycles. The van der Waals surface area contributed by atoms with Crippen molar-refractivity contribution in [2.24, 2.45) is 18.9 Å². The number of carboxylic acid groups (broad SMARTS) is 2. The molecule has 3 aliphatic heterocycles. The molecule has 1 amide bonds. The number of hydrogen-bond acceptors (Lipinski definition) is 6. The number of ether oxygens (including phenoxy) is 1. The van der Waals surface area contributed by atoms with Crippen LogP contribution in [-0.2, 0) is 32.6 Å². The molecule has 1 spiro atoms. The van der Waals surface area contributed by atoms with Crippen LogP contribution in [0.2, 0.25) is 0 Å². The van der Waals surface area contributed by atoms with Crippen molar-refractivity contribution in [3.8, 4) is 0 Å². The lowest BCUT2D eigenvalue weighted by molar-refractivity contribution is -0.123. The van der Waals surface area contributed by atoms with Gasteiger partial charge in [0.2, 0.25) is 5.91 Å². The van der Waals surface area contributed by atoms with E-state index in [2.05, 4.69) is 32.9 Å². The molecule has 0 unspecified atom stereocenters. The highest BCUT2D eigenvalue weighted by Gasteiger charge is 2.62. The molecule has 1 aromatic heterocycles. The smallest absolute Gasteiger partial charge is 0.290 e. The molecular weight excluding hydrogens is 440 g/mol. The van der Waals surface area contributed by atoms with E-state index in [0.717, 1.165) is 57.7 Å². The van der Waals surface area contributed by atoms with Gasteiger partial charge in [-0.2, -0.15) is 0 Å². The highest BCUT2D eigenvalue weighted by atomic mass is 16.5. The van der Waals surface area contributed by atoms with Crippen molar-refractivity contribution in [3.05, 3.63) is 30.4 Å². The van der Waals surface area contributed by atoms with E-state index in [4.69, 9.17) is 24.5 Å². The average Bonchev–Trinajstić information content (AvgIpc) is 3.55. The molecule has 4 heterocycles. The highest BCUT2D eigenvalue weighted by molar-refractivity contribution is 5.75. The average molecular weight is 479 g/mol. The Labute approximate surface area is 201 Å². The molecule has 34 heavy (non-hydrogen) atoms.